The molecule has 0 fully saturated rings. The number of methoxy groups -OCH3 is 1. The second-order valence-corrected chi connectivity index (χ2v) is 3.95. The second kappa shape index (κ2) is 9.43. The Morgan fingerprint density at radius 2 is 1.60 bits per heavy atom. The molecule has 1 aliphatic rings. The number of Topliss-reactive ketones (excluding diaryl/α,β-unsaturated/α-hetero) is 2. The smallest absolute Gasteiger partial charge is 0.229 e. The molecule has 2 rings (SSSR count). The molecular formula is C17H26O3. The Hall–Kier alpha value is -1.48. The Morgan fingerprint density at radius 1 is 1.05 bits per heavy atom. The topological polar surface area (TPSA) is 43.4 Å². The molecule has 20 heavy (non-hydrogen) atoms. The van der Waals surface area contributed by atoms with Crippen LogP contribution in [0.5, 0.6) is 0 Å². The van der Waals surface area contributed by atoms with Gasteiger partial charge >= 0.3 is 0 Å². The van der Waals surface area contributed by atoms with Gasteiger partial charge in [0, 0.05) is 12.7 Å². The van der Waals surface area contributed by atoms with Crippen molar-refractivity contribution in [3.63, 3.8) is 0 Å². The van der Waals surface area contributed by atoms with Gasteiger partial charge < -0.3 is 4.74 Å². The van der Waals surface area contributed by atoms with Crippen LogP contribution in [0.3, 0.4) is 0 Å². The van der Waals surface area contributed by atoms with Crippen LogP contribution in [0, 0.1) is 5.92 Å². The lowest BCUT2D eigenvalue weighted by Crippen LogP contribution is -2.35. The van der Waals surface area contributed by atoms with Gasteiger partial charge in [-0.2, -0.15) is 0 Å². The number of hydrogen-bond acceptors (Lipinski definition) is 3. The molecule has 0 bridgehead atoms. The van der Waals surface area contributed by atoms with Crippen molar-refractivity contribution in [2.75, 3.05) is 7.11 Å². The lowest BCUT2D eigenvalue weighted by Gasteiger charge is -2.29. The van der Waals surface area contributed by atoms with Crippen molar-refractivity contribution in [3.8, 4) is 0 Å². The molecule has 3 nitrogen and oxygen atoms in total. The van der Waals surface area contributed by atoms with E-state index < -0.39 is 0 Å². The van der Waals surface area contributed by atoms with Crippen LogP contribution < -0.4 is 0 Å². The second-order valence-electron chi connectivity index (χ2n) is 3.95. The number of fused-ring (bicyclic) bond motifs is 1. The number of ketones is 2. The van der Waals surface area contributed by atoms with Crippen LogP contribution in [0.1, 0.15) is 63.1 Å². The predicted molar refractivity (Wildman–Crippen MR) is 82.0 cm³/mol. The third kappa shape index (κ3) is 3.54. The SMILES string of the molecule is CC.CC.CCC1C(=O)C(=O)c2ccccc2C1OC. The number of ether oxygens (including phenoxy) is 1. The van der Waals surface area contributed by atoms with Crippen molar-refractivity contribution >= 4 is 11.6 Å². The van der Waals surface area contributed by atoms with Crippen LogP contribution in [-0.2, 0) is 9.53 Å². The van der Waals surface area contributed by atoms with Crippen molar-refractivity contribution in [1.29, 1.82) is 0 Å². The maximum atomic E-state index is 11.9. The average Bonchev–Trinajstić information content (AvgIpc) is 2.54. The van der Waals surface area contributed by atoms with E-state index in [2.05, 4.69) is 0 Å². The Balaban J connectivity index is 0.000000829. The van der Waals surface area contributed by atoms with Gasteiger partial charge in [0.1, 0.15) is 0 Å². The zero-order valence-corrected chi connectivity index (χ0v) is 13.4. The molecule has 0 amide bonds. The molecule has 0 aromatic heterocycles. The maximum absolute atomic E-state index is 11.9. The molecule has 0 aliphatic heterocycles. The molecule has 1 aromatic rings. The quantitative estimate of drug-likeness (QED) is 0.761. The summed E-state index contributed by atoms with van der Waals surface area (Å²) in [7, 11) is 1.58. The molecule has 3 heteroatoms. The summed E-state index contributed by atoms with van der Waals surface area (Å²) in [4.78, 5) is 23.7. The van der Waals surface area contributed by atoms with Crippen LogP contribution in [0.2, 0.25) is 0 Å². The highest BCUT2D eigenvalue weighted by Crippen LogP contribution is 2.36. The highest BCUT2D eigenvalue weighted by molar-refractivity contribution is 6.45. The molecule has 1 aliphatic carbocycles. The Labute approximate surface area is 122 Å². The normalized spacial score (nSPS) is 20.1. The largest absolute Gasteiger partial charge is 0.376 e. The molecule has 2 atom stereocenters. The summed E-state index contributed by atoms with van der Waals surface area (Å²) < 4.78 is 5.37. The summed E-state index contributed by atoms with van der Waals surface area (Å²) in [5.41, 5.74) is 1.32. The van der Waals surface area contributed by atoms with E-state index >= 15 is 0 Å². The number of rotatable bonds is 2. The fourth-order valence-electron chi connectivity index (χ4n) is 2.30. The minimum Gasteiger partial charge on any atom is -0.376 e. The van der Waals surface area contributed by atoms with Gasteiger partial charge in [0.25, 0.3) is 0 Å². The molecule has 0 spiro atoms. The highest BCUT2D eigenvalue weighted by Gasteiger charge is 2.39. The van der Waals surface area contributed by atoms with Crippen molar-refractivity contribution in [2.45, 2.75) is 47.1 Å². The van der Waals surface area contributed by atoms with E-state index in [0.29, 0.717) is 12.0 Å². The van der Waals surface area contributed by atoms with Gasteiger partial charge in [-0.1, -0.05) is 58.9 Å². The van der Waals surface area contributed by atoms with E-state index in [0.717, 1.165) is 5.56 Å². The van der Waals surface area contributed by atoms with Crippen LogP contribution in [-0.4, -0.2) is 18.7 Å². The molecule has 0 heterocycles. The zero-order chi connectivity index (χ0) is 15.7. The summed E-state index contributed by atoms with van der Waals surface area (Å²) >= 11 is 0. The van der Waals surface area contributed by atoms with Gasteiger partial charge in [-0.05, 0) is 12.0 Å². The zero-order valence-electron chi connectivity index (χ0n) is 13.4. The van der Waals surface area contributed by atoms with Gasteiger partial charge in [0.05, 0.1) is 12.0 Å². The molecular weight excluding hydrogens is 252 g/mol. The minimum absolute atomic E-state index is 0.286. The molecule has 112 valence electrons. The van der Waals surface area contributed by atoms with E-state index in [4.69, 9.17) is 4.74 Å². The van der Waals surface area contributed by atoms with Crippen LogP contribution in [0.4, 0.5) is 0 Å². The van der Waals surface area contributed by atoms with Crippen molar-refractivity contribution in [3.05, 3.63) is 35.4 Å². The van der Waals surface area contributed by atoms with E-state index in [9.17, 15) is 9.59 Å². The first kappa shape index (κ1) is 18.5. The van der Waals surface area contributed by atoms with E-state index in [1.165, 1.54) is 0 Å². The molecule has 1 aromatic carbocycles. The van der Waals surface area contributed by atoms with Crippen LogP contribution >= 0.6 is 0 Å². The average molecular weight is 278 g/mol. The first-order chi connectivity index (χ1) is 9.70. The third-order valence-corrected chi connectivity index (χ3v) is 3.13. The fourth-order valence-corrected chi connectivity index (χ4v) is 2.30. The van der Waals surface area contributed by atoms with Gasteiger partial charge in [-0.3, -0.25) is 9.59 Å². The van der Waals surface area contributed by atoms with Gasteiger partial charge in [-0.15, -0.1) is 0 Å². The summed E-state index contributed by atoms with van der Waals surface area (Å²) in [6, 6.07) is 7.17. The lowest BCUT2D eigenvalue weighted by molar-refractivity contribution is -0.124. The molecule has 0 N–H and O–H groups in total. The van der Waals surface area contributed by atoms with Gasteiger partial charge in [-0.25, -0.2) is 0 Å². The third-order valence-electron chi connectivity index (χ3n) is 3.13. The monoisotopic (exact) mass is 278 g/mol. The van der Waals surface area contributed by atoms with Crippen LogP contribution in [0.25, 0.3) is 0 Å². The first-order valence-corrected chi connectivity index (χ1v) is 7.41. The maximum Gasteiger partial charge on any atom is 0.229 e. The Kier molecular flexibility index (Phi) is 8.73. The standard InChI is InChI=1S/C13H14O3.2C2H6/c1-3-8-11(14)12(15)9-6-4-5-7-10(9)13(8)16-2;2*1-2/h4-8,13H,3H2,1-2H3;2*1-2H3. The lowest BCUT2D eigenvalue weighted by atomic mass is 9.78. The van der Waals surface area contributed by atoms with E-state index in [-0.39, 0.29) is 23.6 Å². The van der Waals surface area contributed by atoms with E-state index in [1.807, 2.05) is 46.8 Å². The minimum atomic E-state index is -0.379. The summed E-state index contributed by atoms with van der Waals surface area (Å²) in [5.74, 6) is -1.05. The Bertz CT molecular complexity index is 438. The van der Waals surface area contributed by atoms with Gasteiger partial charge in [0.2, 0.25) is 11.6 Å². The summed E-state index contributed by atoms with van der Waals surface area (Å²) in [6.07, 6.45) is 0.337. The number of hydrogen-bond donors (Lipinski definition) is 0. The van der Waals surface area contributed by atoms with Gasteiger partial charge in [0.15, 0.2) is 0 Å². The van der Waals surface area contributed by atoms with Crippen LogP contribution in [0.15, 0.2) is 24.3 Å². The fraction of sp³-hybridized carbons (Fsp3) is 0.529. The number of benzene rings is 1. The molecule has 2 unspecified atom stereocenters. The molecule has 0 saturated carbocycles. The van der Waals surface area contributed by atoms with Crippen molar-refractivity contribution in [1.82, 2.24) is 0 Å². The summed E-state index contributed by atoms with van der Waals surface area (Å²) in [5, 5.41) is 0. The predicted octanol–water partition coefficient (Wildman–Crippen LogP) is 4.22. The highest BCUT2D eigenvalue weighted by atomic mass is 16.5. The molecule has 0 radical (unpaired) electrons. The van der Waals surface area contributed by atoms with Crippen molar-refractivity contribution < 1.29 is 14.3 Å². The molecule has 0 saturated heterocycles. The van der Waals surface area contributed by atoms with E-state index in [1.54, 1.807) is 19.2 Å². The number of carbonyl (C=O) groups is 2. The first-order valence-electron chi connectivity index (χ1n) is 7.41. The Morgan fingerprint density at radius 3 is 2.10 bits per heavy atom. The summed E-state index contributed by atoms with van der Waals surface area (Å²) in [6.45, 7) is 9.90. The van der Waals surface area contributed by atoms with Crippen molar-refractivity contribution in [2.24, 2.45) is 5.92 Å². The number of carbonyl (C=O) groups excluding carboxylic acids is 2.